The minimum atomic E-state index is -1.09. The lowest BCUT2D eigenvalue weighted by molar-refractivity contribution is -0.157. The Morgan fingerprint density at radius 1 is 1.43 bits per heavy atom. The van der Waals surface area contributed by atoms with Gasteiger partial charge in [-0.1, -0.05) is 34.4 Å². The fourth-order valence-electron chi connectivity index (χ4n) is 3.24. The molecule has 4 heterocycles. The van der Waals surface area contributed by atoms with Crippen molar-refractivity contribution in [3.8, 4) is 0 Å². The first-order valence-corrected chi connectivity index (χ1v) is 12.5. The fraction of sp³-hybridized carbons (Fsp3) is 0.500. The average molecular weight is 488 g/mol. The van der Waals surface area contributed by atoms with Crippen molar-refractivity contribution in [3.63, 3.8) is 0 Å². The summed E-state index contributed by atoms with van der Waals surface area (Å²) in [6.07, 6.45) is -0.0170. The molecular weight excluding hydrogens is 470 g/mol. The summed E-state index contributed by atoms with van der Waals surface area (Å²) < 4.78 is 0.701. The lowest BCUT2D eigenvalue weighted by atomic mass is 9.89. The van der Waals surface area contributed by atoms with Crippen molar-refractivity contribution in [2.75, 3.05) is 18.1 Å². The maximum absolute atomic E-state index is 12.6. The van der Waals surface area contributed by atoms with Crippen LogP contribution in [0.1, 0.15) is 10.7 Å². The van der Waals surface area contributed by atoms with Gasteiger partial charge in [-0.15, -0.1) is 22.0 Å². The van der Waals surface area contributed by atoms with Gasteiger partial charge in [-0.2, -0.15) is 0 Å². The summed E-state index contributed by atoms with van der Waals surface area (Å²) >= 11 is 5.07. The quantitative estimate of drug-likeness (QED) is 0.373. The Bertz CT molecular complexity index is 1050. The van der Waals surface area contributed by atoms with Gasteiger partial charge in [0, 0.05) is 29.1 Å². The summed E-state index contributed by atoms with van der Waals surface area (Å²) in [6, 6.07) is -0.682. The van der Waals surface area contributed by atoms with Crippen molar-refractivity contribution < 1.29 is 19.5 Å². The Balaban J connectivity index is 1.37. The summed E-state index contributed by atoms with van der Waals surface area (Å²) in [5.41, 5.74) is -0.595. The number of hydrogen-bond acceptors (Lipinski definition) is 10. The van der Waals surface area contributed by atoms with E-state index in [1.807, 2.05) is 6.92 Å². The molecule has 2 aromatic rings. The maximum Gasteiger partial charge on any atom is 0.313 e. The van der Waals surface area contributed by atoms with Crippen molar-refractivity contribution in [3.05, 3.63) is 25.7 Å². The highest BCUT2D eigenvalue weighted by molar-refractivity contribution is 8.01. The second kappa shape index (κ2) is 8.32. The van der Waals surface area contributed by atoms with Crippen LogP contribution in [-0.2, 0) is 20.8 Å². The third-order valence-electron chi connectivity index (χ3n) is 4.82. The van der Waals surface area contributed by atoms with Gasteiger partial charge in [-0.3, -0.25) is 19.2 Å². The molecule has 14 heteroatoms. The van der Waals surface area contributed by atoms with E-state index in [0.29, 0.717) is 15.8 Å². The van der Waals surface area contributed by atoms with Crippen molar-refractivity contribution in [2.24, 2.45) is 5.41 Å². The first kappa shape index (κ1) is 21.3. The molecule has 0 spiro atoms. The second-order valence-electron chi connectivity index (χ2n) is 7.02. The number of carboxylic acid groups (broad SMARTS) is 1. The normalized spacial score (nSPS) is 25.5. The van der Waals surface area contributed by atoms with E-state index in [-0.39, 0.29) is 40.8 Å². The van der Waals surface area contributed by atoms with Gasteiger partial charge >= 0.3 is 10.8 Å². The van der Waals surface area contributed by atoms with Crippen LogP contribution in [0.5, 0.6) is 0 Å². The predicted molar refractivity (Wildman–Crippen MR) is 114 cm³/mol. The Morgan fingerprint density at radius 3 is 2.87 bits per heavy atom. The minimum absolute atomic E-state index is 0.0170. The van der Waals surface area contributed by atoms with Gasteiger partial charge in [0.2, 0.25) is 11.8 Å². The van der Waals surface area contributed by atoms with E-state index in [4.69, 9.17) is 0 Å². The lowest BCUT2D eigenvalue weighted by Gasteiger charge is -2.53. The molecule has 3 N–H and O–H groups in total. The molecule has 2 aliphatic heterocycles. The van der Waals surface area contributed by atoms with E-state index in [1.165, 1.54) is 39.8 Å². The molecule has 2 unspecified atom stereocenters. The Morgan fingerprint density at radius 2 is 2.23 bits per heavy atom. The number of carbonyl (C=O) groups excluding carboxylic acids is 2. The van der Waals surface area contributed by atoms with Crippen molar-refractivity contribution in [1.82, 2.24) is 25.4 Å². The van der Waals surface area contributed by atoms with Crippen LogP contribution in [0, 0.1) is 12.3 Å². The van der Waals surface area contributed by atoms with Gasteiger partial charge in [0.1, 0.15) is 21.8 Å². The Kier molecular flexibility index (Phi) is 5.92. The zero-order valence-corrected chi connectivity index (χ0v) is 18.9. The molecule has 3 atom stereocenters. The molecular formula is C16H17N5O5S4. The molecule has 4 rings (SSSR count). The van der Waals surface area contributed by atoms with Gasteiger partial charge in [0.15, 0.2) is 4.34 Å². The second-order valence-corrected chi connectivity index (χ2v) is 11.4. The summed E-state index contributed by atoms with van der Waals surface area (Å²) in [7, 11) is 0. The number of β-lactam (4-membered cyclic amide) rings is 1. The highest BCUT2D eigenvalue weighted by Crippen LogP contribution is 2.44. The highest BCUT2D eigenvalue weighted by Gasteiger charge is 2.57. The van der Waals surface area contributed by atoms with Crippen LogP contribution in [0.4, 0.5) is 0 Å². The molecule has 160 valence electrons. The third-order valence-corrected chi connectivity index (χ3v) is 9.38. The van der Waals surface area contributed by atoms with E-state index < -0.39 is 17.4 Å². The van der Waals surface area contributed by atoms with Crippen molar-refractivity contribution >= 4 is 64.0 Å². The standard InChI is InChI=1S/C16H17N5O5S4/c1-7-19-20-15(30-7)29-6-16(13(24)25)4-21-11(23)10(12(21)28-5-16)18-9(22)2-8-3-27-14(26)17-8/h3,10,12H,2,4-6H2,1H3,(H,17,26)(H,18,22)(H,24,25)/t10?,12-,16?/m1/s1. The molecule has 30 heavy (non-hydrogen) atoms. The highest BCUT2D eigenvalue weighted by atomic mass is 32.2. The number of nitrogens with one attached hydrogen (secondary N) is 2. The number of aromatic nitrogens is 3. The molecule has 2 fully saturated rings. The van der Waals surface area contributed by atoms with Gasteiger partial charge in [0.05, 0.1) is 6.42 Å². The number of hydrogen-bond donors (Lipinski definition) is 3. The molecule has 2 amide bonds. The van der Waals surface area contributed by atoms with Crippen molar-refractivity contribution in [1.29, 1.82) is 0 Å². The fourth-order valence-corrected chi connectivity index (χ4v) is 7.50. The van der Waals surface area contributed by atoms with Crippen LogP contribution >= 0.6 is 46.2 Å². The van der Waals surface area contributed by atoms with Crippen LogP contribution < -0.4 is 10.2 Å². The Labute approximate surface area is 186 Å². The number of amides is 2. The van der Waals surface area contributed by atoms with Crippen LogP contribution in [0.3, 0.4) is 0 Å². The molecule has 2 aliphatic rings. The summed E-state index contributed by atoms with van der Waals surface area (Å²) in [5.74, 6) is -1.00. The number of nitrogens with zero attached hydrogens (tertiary/aromatic N) is 3. The van der Waals surface area contributed by atoms with E-state index in [9.17, 15) is 24.3 Å². The SMILES string of the molecule is Cc1nnc(SCC2(C(=O)O)CS[C@@H]3C(NC(=O)Cc4csc(=O)[nH]4)C(=O)N3C2)s1. The average Bonchev–Trinajstić information content (AvgIpc) is 3.31. The molecule has 0 aliphatic carbocycles. The number of thiazole rings is 1. The van der Waals surface area contributed by atoms with E-state index in [1.54, 1.807) is 5.38 Å². The first-order valence-electron chi connectivity index (χ1n) is 8.82. The molecule has 0 aromatic carbocycles. The zero-order chi connectivity index (χ0) is 21.5. The Hall–Kier alpha value is -1.90. The maximum atomic E-state index is 12.6. The molecule has 2 aromatic heterocycles. The zero-order valence-electron chi connectivity index (χ0n) is 15.6. The number of H-pyrrole nitrogens is 1. The molecule has 0 bridgehead atoms. The molecule has 10 nitrogen and oxygen atoms in total. The van der Waals surface area contributed by atoms with Gasteiger partial charge in [-0.05, 0) is 6.92 Å². The van der Waals surface area contributed by atoms with Gasteiger partial charge in [0.25, 0.3) is 0 Å². The third kappa shape index (κ3) is 4.13. The summed E-state index contributed by atoms with van der Waals surface area (Å²) in [4.78, 5) is 51.9. The first-order chi connectivity index (χ1) is 14.3. The number of aryl methyl sites for hydroxylation is 1. The van der Waals surface area contributed by atoms with Crippen LogP contribution in [0.2, 0.25) is 0 Å². The smallest absolute Gasteiger partial charge is 0.313 e. The van der Waals surface area contributed by atoms with Crippen molar-refractivity contribution in [2.45, 2.75) is 29.1 Å². The molecule has 2 saturated heterocycles. The topological polar surface area (TPSA) is 145 Å². The number of fused-ring (bicyclic) bond motifs is 1. The molecule has 0 saturated carbocycles. The number of carboxylic acids is 1. The summed E-state index contributed by atoms with van der Waals surface area (Å²) in [5, 5.41) is 22.6. The largest absolute Gasteiger partial charge is 0.481 e. The number of aliphatic carboxylic acids is 1. The molecule has 0 radical (unpaired) electrons. The van der Waals surface area contributed by atoms with Gasteiger partial charge < -0.3 is 20.3 Å². The predicted octanol–water partition coefficient (Wildman–Crippen LogP) is 0.402. The van der Waals surface area contributed by atoms with E-state index >= 15 is 0 Å². The minimum Gasteiger partial charge on any atom is -0.481 e. The summed E-state index contributed by atoms with van der Waals surface area (Å²) in [6.45, 7) is 1.92. The number of aromatic amines is 1. The van der Waals surface area contributed by atoms with Crippen LogP contribution in [0.25, 0.3) is 0 Å². The van der Waals surface area contributed by atoms with Crippen LogP contribution in [-0.4, -0.2) is 72.4 Å². The van der Waals surface area contributed by atoms with E-state index in [0.717, 1.165) is 16.3 Å². The van der Waals surface area contributed by atoms with E-state index in [2.05, 4.69) is 20.5 Å². The lowest BCUT2D eigenvalue weighted by Crippen LogP contribution is -2.74. The monoisotopic (exact) mass is 487 g/mol. The number of thioether (sulfide) groups is 2. The van der Waals surface area contributed by atoms with Gasteiger partial charge in [-0.25, -0.2) is 0 Å². The number of carbonyl (C=O) groups is 3. The number of rotatable bonds is 7. The van der Waals surface area contributed by atoms with Crippen LogP contribution in [0.15, 0.2) is 14.5 Å².